The predicted molar refractivity (Wildman–Crippen MR) is 165 cm³/mol. The second-order valence-corrected chi connectivity index (χ2v) is 13.7. The van der Waals surface area contributed by atoms with E-state index in [1.807, 2.05) is 59.3 Å². The summed E-state index contributed by atoms with van der Waals surface area (Å²) in [5, 5.41) is 20.4. The van der Waals surface area contributed by atoms with E-state index in [1.54, 1.807) is 47.8 Å². The average molecular weight is 611 g/mol. The van der Waals surface area contributed by atoms with Gasteiger partial charge in [0.2, 0.25) is 10.0 Å². The molecule has 1 unspecified atom stereocenters. The highest BCUT2D eigenvalue weighted by Crippen LogP contribution is 2.38. The van der Waals surface area contributed by atoms with Gasteiger partial charge < -0.3 is 19.3 Å². The monoisotopic (exact) mass is 610 g/mol. The highest BCUT2D eigenvalue weighted by molar-refractivity contribution is 7.92. The van der Waals surface area contributed by atoms with Gasteiger partial charge in [0.25, 0.3) is 0 Å². The normalized spacial score (nSPS) is 14.9. The molecule has 2 N–H and O–H groups in total. The minimum absolute atomic E-state index is 0.0686. The van der Waals surface area contributed by atoms with Gasteiger partial charge in [-0.15, -0.1) is 22.7 Å². The number of ether oxygens (including phenoxy) is 3. The van der Waals surface area contributed by atoms with Crippen LogP contribution in [0.5, 0.6) is 17.2 Å². The van der Waals surface area contributed by atoms with Gasteiger partial charge in [-0.05, 0) is 42.0 Å². The molecule has 3 heterocycles. The van der Waals surface area contributed by atoms with Gasteiger partial charge in [-0.1, -0.05) is 30.3 Å². The van der Waals surface area contributed by atoms with Crippen LogP contribution < -0.4 is 23.8 Å². The molecule has 11 heteroatoms. The van der Waals surface area contributed by atoms with Gasteiger partial charge in [-0.25, -0.2) is 13.7 Å². The fourth-order valence-corrected chi connectivity index (χ4v) is 7.58. The quantitative estimate of drug-likeness (QED) is 0.194. The van der Waals surface area contributed by atoms with Crippen molar-refractivity contribution in [3.8, 4) is 17.2 Å². The Labute approximate surface area is 246 Å². The van der Waals surface area contributed by atoms with Crippen LogP contribution in [0.3, 0.4) is 0 Å². The van der Waals surface area contributed by atoms with Crippen LogP contribution in [-0.2, 0) is 10.0 Å². The Morgan fingerprint density at radius 3 is 2.22 bits per heavy atom. The van der Waals surface area contributed by atoms with Crippen LogP contribution in [0.2, 0.25) is 0 Å². The number of hydrogen-bond acceptors (Lipinski definition) is 9. The first-order chi connectivity index (χ1) is 19.7. The molecule has 2 aromatic heterocycles. The number of nitrogens with one attached hydrogen (secondary N) is 1. The molecule has 0 fully saturated rings. The van der Waals surface area contributed by atoms with Crippen LogP contribution in [0.4, 0.5) is 5.69 Å². The van der Waals surface area contributed by atoms with Crippen molar-refractivity contribution in [1.29, 1.82) is 0 Å². The first-order valence-electron chi connectivity index (χ1n) is 13.2. The van der Waals surface area contributed by atoms with Crippen molar-refractivity contribution in [2.75, 3.05) is 30.3 Å². The Morgan fingerprint density at radius 2 is 1.61 bits per heavy atom. The molecule has 41 heavy (non-hydrogen) atoms. The molecule has 1 aliphatic rings. The minimum Gasteiger partial charge on any atom is -0.491 e. The lowest BCUT2D eigenvalue weighted by Gasteiger charge is -2.32. The van der Waals surface area contributed by atoms with Gasteiger partial charge in [0, 0.05) is 57.4 Å². The SMILES string of the molecule is CC(NCC(O)c1ccc2c(c1)N(S(C)(=O)=O)CCCO2)(Oc1csc2ccccc12)Oc1csc2ccccc12. The number of benzene rings is 3. The van der Waals surface area contributed by atoms with Crippen LogP contribution in [0.15, 0.2) is 77.5 Å². The number of rotatable bonds is 9. The molecule has 0 saturated carbocycles. The Kier molecular flexibility index (Phi) is 7.56. The number of hydrogen-bond donors (Lipinski definition) is 2. The van der Waals surface area contributed by atoms with E-state index in [0.717, 1.165) is 20.2 Å². The third-order valence-corrected chi connectivity index (χ3v) is 9.98. The highest BCUT2D eigenvalue weighted by Gasteiger charge is 2.32. The maximum absolute atomic E-state index is 12.5. The summed E-state index contributed by atoms with van der Waals surface area (Å²) in [7, 11) is -3.52. The fourth-order valence-electron chi connectivity index (χ4n) is 4.89. The van der Waals surface area contributed by atoms with Crippen molar-refractivity contribution in [1.82, 2.24) is 5.32 Å². The van der Waals surface area contributed by atoms with E-state index < -0.39 is 22.0 Å². The van der Waals surface area contributed by atoms with E-state index in [4.69, 9.17) is 14.2 Å². The van der Waals surface area contributed by atoms with Crippen molar-refractivity contribution >= 4 is 58.6 Å². The first kappa shape index (κ1) is 27.8. The zero-order valence-electron chi connectivity index (χ0n) is 22.6. The van der Waals surface area contributed by atoms with Gasteiger partial charge in [-0.2, -0.15) is 0 Å². The predicted octanol–water partition coefficient (Wildman–Crippen LogP) is 6.12. The molecule has 6 rings (SSSR count). The molecule has 0 saturated heterocycles. The summed E-state index contributed by atoms with van der Waals surface area (Å²) in [6, 6.07) is 21.1. The molecule has 0 bridgehead atoms. The molecule has 1 aliphatic heterocycles. The first-order valence-corrected chi connectivity index (χ1v) is 16.8. The molecular formula is C30H30N2O6S3. The minimum atomic E-state index is -3.52. The number of anilines is 1. The summed E-state index contributed by atoms with van der Waals surface area (Å²) < 4.78 is 47.3. The van der Waals surface area contributed by atoms with Crippen LogP contribution >= 0.6 is 22.7 Å². The lowest BCUT2D eigenvalue weighted by atomic mass is 10.1. The van der Waals surface area contributed by atoms with Crippen LogP contribution in [0.25, 0.3) is 20.2 Å². The molecule has 214 valence electrons. The van der Waals surface area contributed by atoms with Gasteiger partial charge >= 0.3 is 5.91 Å². The maximum atomic E-state index is 12.5. The summed E-state index contributed by atoms with van der Waals surface area (Å²) in [6.45, 7) is 2.59. The van der Waals surface area contributed by atoms with Crippen molar-refractivity contribution in [3.63, 3.8) is 0 Å². The molecule has 8 nitrogen and oxygen atoms in total. The van der Waals surface area contributed by atoms with E-state index in [1.165, 1.54) is 10.6 Å². The topological polar surface area (TPSA) is 97.3 Å². The highest BCUT2D eigenvalue weighted by atomic mass is 32.2. The van der Waals surface area contributed by atoms with E-state index in [-0.39, 0.29) is 6.54 Å². The zero-order valence-corrected chi connectivity index (χ0v) is 25.0. The van der Waals surface area contributed by atoms with Gasteiger partial charge in [0.1, 0.15) is 17.2 Å². The molecule has 3 aromatic carbocycles. The maximum Gasteiger partial charge on any atom is 0.310 e. The molecule has 0 radical (unpaired) electrons. The number of aliphatic hydroxyl groups is 1. The third-order valence-electron chi connectivity index (χ3n) is 6.92. The standard InChI is InChI=1S/C30H30N2O6S3/c1-30(37-26-18-39-28-10-5-3-8-21(26)28,38-27-19-40-29-11-6-4-9-22(27)29)31-17-24(33)20-12-13-25-23(16-20)32(41(2,34)35)14-7-15-36-25/h3-6,8-13,16,18-19,24,31,33H,7,14-15,17H2,1-2H3. The van der Waals surface area contributed by atoms with Crippen molar-refractivity contribution in [2.24, 2.45) is 0 Å². The Hall–Kier alpha value is -3.35. The second kappa shape index (κ2) is 11.1. The summed E-state index contributed by atoms with van der Waals surface area (Å²) in [4.78, 5) is 0. The number of nitrogens with zero attached hydrogens (tertiary/aromatic N) is 1. The fraction of sp³-hybridized carbons (Fsp3) is 0.267. The summed E-state index contributed by atoms with van der Waals surface area (Å²) >= 11 is 3.16. The third kappa shape index (κ3) is 5.86. The number of fused-ring (bicyclic) bond motifs is 3. The molecule has 1 atom stereocenters. The van der Waals surface area contributed by atoms with Crippen molar-refractivity contribution in [2.45, 2.75) is 25.4 Å². The van der Waals surface area contributed by atoms with Crippen LogP contribution in [-0.4, -0.2) is 45.4 Å². The second-order valence-electron chi connectivity index (χ2n) is 10.0. The molecule has 0 spiro atoms. The smallest absolute Gasteiger partial charge is 0.310 e. The number of thiophene rings is 2. The van der Waals surface area contributed by atoms with Crippen molar-refractivity contribution in [3.05, 3.63) is 83.1 Å². The number of sulfonamides is 1. The zero-order chi connectivity index (χ0) is 28.6. The molecular weight excluding hydrogens is 581 g/mol. The number of aliphatic hydroxyl groups excluding tert-OH is 1. The molecule has 0 aliphatic carbocycles. The van der Waals surface area contributed by atoms with Crippen LogP contribution in [0, 0.1) is 0 Å². The Balaban J connectivity index is 1.28. The summed E-state index contributed by atoms with van der Waals surface area (Å²) in [5.74, 6) is 0.464. The average Bonchev–Trinajstić information content (AvgIpc) is 3.47. The largest absolute Gasteiger partial charge is 0.491 e. The van der Waals surface area contributed by atoms with Crippen LogP contribution in [0.1, 0.15) is 25.0 Å². The van der Waals surface area contributed by atoms with Gasteiger partial charge in [0.05, 0.1) is 24.7 Å². The van der Waals surface area contributed by atoms with Crippen molar-refractivity contribution < 1.29 is 27.7 Å². The lowest BCUT2D eigenvalue weighted by molar-refractivity contribution is -0.127. The van der Waals surface area contributed by atoms with E-state index in [2.05, 4.69) is 5.32 Å². The van der Waals surface area contributed by atoms with Gasteiger partial charge in [0.15, 0.2) is 0 Å². The van der Waals surface area contributed by atoms with E-state index >= 15 is 0 Å². The lowest BCUT2D eigenvalue weighted by Crippen LogP contribution is -2.53. The Morgan fingerprint density at radius 1 is 1.00 bits per heavy atom. The van der Waals surface area contributed by atoms with E-state index in [9.17, 15) is 13.5 Å². The van der Waals surface area contributed by atoms with Gasteiger partial charge in [-0.3, -0.25) is 4.31 Å². The summed E-state index contributed by atoms with van der Waals surface area (Å²) in [5.41, 5.74) is 0.964. The summed E-state index contributed by atoms with van der Waals surface area (Å²) in [6.07, 6.45) is 0.757. The Bertz CT molecular complexity index is 1720. The molecule has 5 aromatic rings. The van der Waals surface area contributed by atoms with E-state index in [0.29, 0.717) is 48.1 Å². The molecule has 0 amide bonds.